The number of hydrogen-bond donors (Lipinski definition) is 3. The van der Waals surface area contributed by atoms with Crippen LogP contribution in [-0.4, -0.2) is 16.9 Å². The fourth-order valence-corrected chi connectivity index (χ4v) is 3.99. The summed E-state index contributed by atoms with van der Waals surface area (Å²) < 4.78 is 0. The summed E-state index contributed by atoms with van der Waals surface area (Å²) in [4.78, 5) is 25.1. The second kappa shape index (κ2) is 10.7. The van der Waals surface area contributed by atoms with E-state index in [0.29, 0.717) is 11.3 Å². The SMILES string of the molecule is CC(NC(=O)c1ccc(NC(=S)NC(=O)Cc2cccc3ccccc23)cc1)c1ccccc1. The van der Waals surface area contributed by atoms with Crippen molar-refractivity contribution in [3.05, 3.63) is 114 Å². The van der Waals surface area contributed by atoms with Crippen molar-refractivity contribution in [3.63, 3.8) is 0 Å². The second-order valence-corrected chi connectivity index (χ2v) is 8.41. The van der Waals surface area contributed by atoms with E-state index in [2.05, 4.69) is 16.0 Å². The zero-order valence-electron chi connectivity index (χ0n) is 18.7. The van der Waals surface area contributed by atoms with E-state index in [9.17, 15) is 9.59 Å². The highest BCUT2D eigenvalue weighted by atomic mass is 32.1. The van der Waals surface area contributed by atoms with Crippen LogP contribution in [0.4, 0.5) is 5.69 Å². The molecule has 5 nitrogen and oxygen atoms in total. The van der Waals surface area contributed by atoms with Crippen LogP contribution in [0, 0.1) is 0 Å². The molecule has 0 saturated heterocycles. The quantitative estimate of drug-likeness (QED) is 0.333. The number of amides is 2. The Morgan fingerprint density at radius 2 is 1.50 bits per heavy atom. The van der Waals surface area contributed by atoms with Crippen molar-refractivity contribution < 1.29 is 9.59 Å². The van der Waals surface area contributed by atoms with Gasteiger partial charge in [-0.15, -0.1) is 0 Å². The molecule has 0 aliphatic rings. The van der Waals surface area contributed by atoms with Crippen LogP contribution in [0.25, 0.3) is 10.8 Å². The van der Waals surface area contributed by atoms with Crippen molar-refractivity contribution in [3.8, 4) is 0 Å². The molecular formula is C28H25N3O2S. The van der Waals surface area contributed by atoms with Gasteiger partial charge >= 0.3 is 0 Å². The predicted octanol–water partition coefficient (Wildman–Crippen LogP) is 5.39. The molecule has 170 valence electrons. The first kappa shape index (κ1) is 23.1. The molecular weight excluding hydrogens is 442 g/mol. The molecule has 6 heteroatoms. The predicted molar refractivity (Wildman–Crippen MR) is 141 cm³/mol. The number of rotatable bonds is 6. The van der Waals surface area contributed by atoms with Crippen LogP contribution in [0.2, 0.25) is 0 Å². The zero-order valence-corrected chi connectivity index (χ0v) is 19.6. The van der Waals surface area contributed by atoms with Crippen molar-refractivity contribution >= 4 is 45.6 Å². The van der Waals surface area contributed by atoms with E-state index in [1.54, 1.807) is 24.3 Å². The molecule has 0 bridgehead atoms. The smallest absolute Gasteiger partial charge is 0.251 e. The van der Waals surface area contributed by atoms with E-state index >= 15 is 0 Å². The second-order valence-electron chi connectivity index (χ2n) is 8.00. The fourth-order valence-electron chi connectivity index (χ4n) is 3.76. The maximum Gasteiger partial charge on any atom is 0.251 e. The number of anilines is 1. The van der Waals surface area contributed by atoms with E-state index in [1.807, 2.05) is 79.7 Å². The fraction of sp³-hybridized carbons (Fsp3) is 0.107. The monoisotopic (exact) mass is 467 g/mol. The molecule has 4 aromatic rings. The van der Waals surface area contributed by atoms with Gasteiger partial charge in [0, 0.05) is 11.3 Å². The molecule has 1 atom stereocenters. The first-order chi connectivity index (χ1) is 16.5. The number of hydrogen-bond acceptors (Lipinski definition) is 3. The highest BCUT2D eigenvalue weighted by Crippen LogP contribution is 2.19. The van der Waals surface area contributed by atoms with Crippen molar-refractivity contribution in [2.45, 2.75) is 19.4 Å². The molecule has 2 amide bonds. The van der Waals surface area contributed by atoms with E-state index in [4.69, 9.17) is 12.2 Å². The Morgan fingerprint density at radius 3 is 2.26 bits per heavy atom. The number of benzene rings is 4. The van der Waals surface area contributed by atoms with Crippen molar-refractivity contribution in [2.75, 3.05) is 5.32 Å². The number of carbonyl (C=O) groups is 2. The summed E-state index contributed by atoms with van der Waals surface area (Å²) in [7, 11) is 0. The van der Waals surface area contributed by atoms with Crippen molar-refractivity contribution in [2.24, 2.45) is 0 Å². The average molecular weight is 468 g/mol. The summed E-state index contributed by atoms with van der Waals surface area (Å²) in [6.07, 6.45) is 0.224. The molecule has 0 aliphatic heterocycles. The van der Waals surface area contributed by atoms with Gasteiger partial charge in [-0.2, -0.15) is 0 Å². The highest BCUT2D eigenvalue weighted by molar-refractivity contribution is 7.80. The Hall–Kier alpha value is -4.03. The maximum atomic E-state index is 12.6. The van der Waals surface area contributed by atoms with E-state index < -0.39 is 0 Å². The normalized spacial score (nSPS) is 11.4. The van der Waals surface area contributed by atoms with Crippen LogP contribution < -0.4 is 16.0 Å². The van der Waals surface area contributed by atoms with Gasteiger partial charge in [0.05, 0.1) is 12.5 Å². The summed E-state index contributed by atoms with van der Waals surface area (Å²) in [6.45, 7) is 1.95. The molecule has 0 fully saturated rings. The van der Waals surface area contributed by atoms with E-state index in [1.165, 1.54) is 0 Å². The first-order valence-electron chi connectivity index (χ1n) is 11.0. The third-order valence-corrected chi connectivity index (χ3v) is 5.74. The summed E-state index contributed by atoms with van der Waals surface area (Å²) in [6, 6.07) is 30.5. The van der Waals surface area contributed by atoms with Crippen LogP contribution >= 0.6 is 12.2 Å². The molecule has 0 aliphatic carbocycles. The summed E-state index contributed by atoms with van der Waals surface area (Å²) >= 11 is 5.30. The Labute approximate surface area is 204 Å². The van der Waals surface area contributed by atoms with Crippen LogP contribution in [0.1, 0.15) is 34.5 Å². The van der Waals surface area contributed by atoms with Gasteiger partial charge in [-0.3, -0.25) is 9.59 Å². The van der Waals surface area contributed by atoms with Gasteiger partial charge in [0.1, 0.15) is 0 Å². The maximum absolute atomic E-state index is 12.6. The lowest BCUT2D eigenvalue weighted by molar-refractivity contribution is -0.119. The minimum absolute atomic E-state index is 0.101. The molecule has 0 aromatic heterocycles. The van der Waals surface area contributed by atoms with Gasteiger partial charge in [-0.05, 0) is 65.3 Å². The van der Waals surface area contributed by atoms with Crippen LogP contribution in [0.15, 0.2) is 97.1 Å². The van der Waals surface area contributed by atoms with Gasteiger partial charge in [0.25, 0.3) is 5.91 Å². The van der Waals surface area contributed by atoms with E-state index in [0.717, 1.165) is 21.9 Å². The number of fused-ring (bicyclic) bond motifs is 1. The molecule has 4 aromatic carbocycles. The molecule has 0 saturated carbocycles. The van der Waals surface area contributed by atoms with Gasteiger partial charge < -0.3 is 16.0 Å². The van der Waals surface area contributed by atoms with Crippen molar-refractivity contribution in [1.29, 1.82) is 0 Å². The number of nitrogens with one attached hydrogen (secondary N) is 3. The number of thiocarbonyl (C=S) groups is 1. The number of carbonyl (C=O) groups excluding carboxylic acids is 2. The molecule has 4 rings (SSSR count). The Balaban J connectivity index is 1.31. The molecule has 0 spiro atoms. The first-order valence-corrected chi connectivity index (χ1v) is 11.4. The minimum Gasteiger partial charge on any atom is -0.346 e. The van der Waals surface area contributed by atoms with Crippen LogP contribution in [0.5, 0.6) is 0 Å². The summed E-state index contributed by atoms with van der Waals surface area (Å²) in [5.41, 5.74) is 3.21. The minimum atomic E-state index is -0.195. The van der Waals surface area contributed by atoms with Crippen molar-refractivity contribution in [1.82, 2.24) is 10.6 Å². The molecule has 3 N–H and O–H groups in total. The third kappa shape index (κ3) is 5.85. The molecule has 1 unspecified atom stereocenters. The van der Waals surface area contributed by atoms with Crippen LogP contribution in [-0.2, 0) is 11.2 Å². The summed E-state index contributed by atoms with van der Waals surface area (Å²) in [5, 5.41) is 11.1. The lowest BCUT2D eigenvalue weighted by Gasteiger charge is -2.15. The Morgan fingerprint density at radius 1 is 0.824 bits per heavy atom. The lowest BCUT2D eigenvalue weighted by atomic mass is 10.0. The van der Waals surface area contributed by atoms with Gasteiger partial charge in [-0.1, -0.05) is 72.8 Å². The standard InChI is InChI=1S/C28H25N3O2S/c1-19(20-8-3-2-4-9-20)29-27(33)22-14-16-24(17-15-22)30-28(34)31-26(32)18-23-12-7-11-21-10-5-6-13-25(21)23/h2-17,19H,18H2,1H3,(H,29,33)(H2,30,31,32,34). The molecule has 0 radical (unpaired) electrons. The third-order valence-electron chi connectivity index (χ3n) is 5.54. The largest absolute Gasteiger partial charge is 0.346 e. The lowest BCUT2D eigenvalue weighted by Crippen LogP contribution is -2.35. The Bertz CT molecular complexity index is 1320. The highest BCUT2D eigenvalue weighted by Gasteiger charge is 2.12. The zero-order chi connectivity index (χ0) is 23.9. The molecule has 34 heavy (non-hydrogen) atoms. The molecule has 0 heterocycles. The Kier molecular flexibility index (Phi) is 7.30. The van der Waals surface area contributed by atoms with E-state index in [-0.39, 0.29) is 29.4 Å². The summed E-state index contributed by atoms with van der Waals surface area (Å²) in [5.74, 6) is -0.353. The van der Waals surface area contributed by atoms with Gasteiger partial charge in [0.15, 0.2) is 5.11 Å². The topological polar surface area (TPSA) is 70.2 Å². The van der Waals surface area contributed by atoms with Gasteiger partial charge in [-0.25, -0.2) is 0 Å². The average Bonchev–Trinajstić information content (AvgIpc) is 2.85. The van der Waals surface area contributed by atoms with Crippen LogP contribution in [0.3, 0.4) is 0 Å². The van der Waals surface area contributed by atoms with Gasteiger partial charge in [0.2, 0.25) is 5.91 Å².